The number of rotatable bonds is 6. The van der Waals surface area contributed by atoms with Crippen LogP contribution >= 0.6 is 34.8 Å². The third kappa shape index (κ3) is 6.19. The summed E-state index contributed by atoms with van der Waals surface area (Å²) in [6, 6.07) is 13.0. The summed E-state index contributed by atoms with van der Waals surface area (Å²) in [5, 5.41) is 5.81. The van der Waals surface area contributed by atoms with Crippen LogP contribution in [-0.2, 0) is 11.3 Å². The van der Waals surface area contributed by atoms with Gasteiger partial charge in [0.15, 0.2) is 0 Å². The number of carbonyl (C=O) groups is 1. The van der Waals surface area contributed by atoms with E-state index in [9.17, 15) is 4.79 Å². The van der Waals surface area contributed by atoms with Crippen LogP contribution < -0.4 is 5.43 Å². The Morgan fingerprint density at radius 3 is 2.43 bits per heavy atom. The molecule has 1 saturated heterocycles. The summed E-state index contributed by atoms with van der Waals surface area (Å²) >= 11 is 18.2. The molecule has 1 heterocycles. The number of hydrazone groups is 1. The summed E-state index contributed by atoms with van der Waals surface area (Å²) in [5.74, 6) is -0.152. The van der Waals surface area contributed by atoms with Crippen LogP contribution in [0, 0.1) is 0 Å². The van der Waals surface area contributed by atoms with Gasteiger partial charge in [-0.1, -0.05) is 59.1 Å². The average Bonchev–Trinajstić information content (AvgIpc) is 2.67. The minimum absolute atomic E-state index is 0.152. The lowest BCUT2D eigenvalue weighted by Crippen LogP contribution is -2.48. The number of benzene rings is 2. The van der Waals surface area contributed by atoms with Crippen LogP contribution in [0.2, 0.25) is 15.1 Å². The van der Waals surface area contributed by atoms with E-state index in [0.717, 1.165) is 43.3 Å². The lowest BCUT2D eigenvalue weighted by atomic mass is 10.2. The normalized spacial score (nSPS) is 15.8. The molecular weight excluding hydrogens is 419 g/mol. The Balaban J connectivity index is 1.41. The maximum absolute atomic E-state index is 12.1. The van der Waals surface area contributed by atoms with Gasteiger partial charge < -0.3 is 0 Å². The van der Waals surface area contributed by atoms with Crippen LogP contribution in [-0.4, -0.2) is 54.6 Å². The smallest absolute Gasteiger partial charge is 0.254 e. The second kappa shape index (κ2) is 10.2. The fraction of sp³-hybridized carbons (Fsp3) is 0.300. The van der Waals surface area contributed by atoms with Gasteiger partial charge in [-0.05, 0) is 23.8 Å². The zero-order chi connectivity index (χ0) is 19.9. The van der Waals surface area contributed by atoms with E-state index in [1.54, 1.807) is 18.2 Å². The molecule has 0 aliphatic carbocycles. The third-order valence-corrected chi connectivity index (χ3v) is 5.47. The quantitative estimate of drug-likeness (QED) is 0.548. The molecular formula is C20H21Cl3N4O. The molecule has 1 aliphatic rings. The van der Waals surface area contributed by atoms with Gasteiger partial charge in [0, 0.05) is 48.3 Å². The maximum atomic E-state index is 12.1. The largest absolute Gasteiger partial charge is 0.296 e. The molecule has 28 heavy (non-hydrogen) atoms. The van der Waals surface area contributed by atoms with Crippen molar-refractivity contribution in [3.05, 3.63) is 68.7 Å². The second-order valence-electron chi connectivity index (χ2n) is 6.60. The monoisotopic (exact) mass is 438 g/mol. The van der Waals surface area contributed by atoms with Gasteiger partial charge in [0.25, 0.3) is 5.91 Å². The summed E-state index contributed by atoms with van der Waals surface area (Å²) < 4.78 is 0. The number of hydrogen-bond donors (Lipinski definition) is 1. The molecule has 0 spiro atoms. The average molecular weight is 440 g/mol. The van der Waals surface area contributed by atoms with Crippen molar-refractivity contribution in [3.63, 3.8) is 0 Å². The Bertz CT molecular complexity index is 851. The molecule has 8 heteroatoms. The van der Waals surface area contributed by atoms with E-state index in [1.165, 1.54) is 6.21 Å². The fourth-order valence-corrected chi connectivity index (χ4v) is 3.64. The molecule has 0 bridgehead atoms. The first-order valence-electron chi connectivity index (χ1n) is 8.96. The lowest BCUT2D eigenvalue weighted by Gasteiger charge is -2.34. The van der Waals surface area contributed by atoms with E-state index in [0.29, 0.717) is 22.2 Å². The van der Waals surface area contributed by atoms with Crippen LogP contribution in [0.15, 0.2) is 47.6 Å². The van der Waals surface area contributed by atoms with Gasteiger partial charge in [0.05, 0.1) is 17.8 Å². The molecule has 0 atom stereocenters. The SMILES string of the molecule is O=C(CN1CCN(Cc2ccccc2Cl)CC1)N/N=C\c1ccc(Cl)cc1Cl. The number of piperazine rings is 1. The molecule has 0 aromatic heterocycles. The minimum Gasteiger partial charge on any atom is -0.296 e. The van der Waals surface area contributed by atoms with Crippen molar-refractivity contribution >= 4 is 46.9 Å². The maximum Gasteiger partial charge on any atom is 0.254 e. The molecule has 2 aromatic rings. The zero-order valence-corrected chi connectivity index (χ0v) is 17.5. The highest BCUT2D eigenvalue weighted by molar-refractivity contribution is 6.36. The highest BCUT2D eigenvalue weighted by atomic mass is 35.5. The number of nitrogens with one attached hydrogen (secondary N) is 1. The molecule has 1 N–H and O–H groups in total. The van der Waals surface area contributed by atoms with E-state index in [-0.39, 0.29) is 5.91 Å². The first-order chi connectivity index (χ1) is 13.5. The molecule has 0 saturated carbocycles. The molecule has 1 aliphatic heterocycles. The third-order valence-electron chi connectivity index (χ3n) is 4.54. The van der Waals surface area contributed by atoms with Gasteiger partial charge in [-0.2, -0.15) is 5.10 Å². The van der Waals surface area contributed by atoms with E-state index >= 15 is 0 Å². The molecule has 1 fully saturated rings. The van der Waals surface area contributed by atoms with Gasteiger partial charge in [-0.25, -0.2) is 5.43 Å². The summed E-state index contributed by atoms with van der Waals surface area (Å²) in [6.07, 6.45) is 1.51. The van der Waals surface area contributed by atoms with Crippen LogP contribution in [0.4, 0.5) is 0 Å². The van der Waals surface area contributed by atoms with Crippen molar-refractivity contribution in [1.82, 2.24) is 15.2 Å². The predicted octanol–water partition coefficient (Wildman–Crippen LogP) is 3.91. The molecule has 148 valence electrons. The molecule has 5 nitrogen and oxygen atoms in total. The Hall–Kier alpha value is -1.63. The van der Waals surface area contributed by atoms with Crippen molar-refractivity contribution in [3.8, 4) is 0 Å². The Morgan fingerprint density at radius 1 is 1.00 bits per heavy atom. The molecule has 3 rings (SSSR count). The number of carbonyl (C=O) groups excluding carboxylic acids is 1. The Morgan fingerprint density at radius 2 is 1.71 bits per heavy atom. The van der Waals surface area contributed by atoms with Crippen molar-refractivity contribution in [2.24, 2.45) is 5.10 Å². The van der Waals surface area contributed by atoms with E-state index < -0.39 is 0 Å². The van der Waals surface area contributed by atoms with Crippen molar-refractivity contribution in [1.29, 1.82) is 0 Å². The van der Waals surface area contributed by atoms with E-state index in [4.69, 9.17) is 34.8 Å². The van der Waals surface area contributed by atoms with Crippen LogP contribution in [0.1, 0.15) is 11.1 Å². The number of amides is 1. The van der Waals surface area contributed by atoms with Gasteiger partial charge in [0.1, 0.15) is 0 Å². The number of hydrogen-bond acceptors (Lipinski definition) is 4. The minimum atomic E-state index is -0.152. The first-order valence-corrected chi connectivity index (χ1v) is 10.1. The zero-order valence-electron chi connectivity index (χ0n) is 15.2. The van der Waals surface area contributed by atoms with E-state index in [1.807, 2.05) is 24.3 Å². The first kappa shape index (κ1) is 21.1. The van der Waals surface area contributed by atoms with Crippen LogP contribution in [0.25, 0.3) is 0 Å². The summed E-state index contributed by atoms with van der Waals surface area (Å²) in [4.78, 5) is 16.6. The number of nitrogens with zero attached hydrogens (tertiary/aromatic N) is 3. The summed E-state index contributed by atoms with van der Waals surface area (Å²) in [6.45, 7) is 4.57. The van der Waals surface area contributed by atoms with Crippen LogP contribution in [0.3, 0.4) is 0 Å². The van der Waals surface area contributed by atoms with Gasteiger partial charge in [-0.3, -0.25) is 14.6 Å². The van der Waals surface area contributed by atoms with Crippen LogP contribution in [0.5, 0.6) is 0 Å². The summed E-state index contributed by atoms with van der Waals surface area (Å²) in [5.41, 5.74) is 4.37. The van der Waals surface area contributed by atoms with Gasteiger partial charge >= 0.3 is 0 Å². The van der Waals surface area contributed by atoms with Gasteiger partial charge in [0.2, 0.25) is 0 Å². The number of halogens is 3. The molecule has 2 aromatic carbocycles. The highest BCUT2D eigenvalue weighted by Crippen LogP contribution is 2.19. The van der Waals surface area contributed by atoms with Crippen molar-refractivity contribution in [2.75, 3.05) is 32.7 Å². The Labute approximate surface area is 179 Å². The fourth-order valence-electron chi connectivity index (χ4n) is 2.99. The predicted molar refractivity (Wildman–Crippen MR) is 115 cm³/mol. The van der Waals surface area contributed by atoms with Crippen molar-refractivity contribution in [2.45, 2.75) is 6.54 Å². The van der Waals surface area contributed by atoms with Gasteiger partial charge in [-0.15, -0.1) is 0 Å². The molecule has 0 radical (unpaired) electrons. The molecule has 0 unspecified atom stereocenters. The second-order valence-corrected chi connectivity index (χ2v) is 7.85. The van der Waals surface area contributed by atoms with Crippen molar-refractivity contribution < 1.29 is 4.79 Å². The lowest BCUT2D eigenvalue weighted by molar-refractivity contribution is -0.122. The van der Waals surface area contributed by atoms with E-state index in [2.05, 4.69) is 20.3 Å². The summed E-state index contributed by atoms with van der Waals surface area (Å²) in [7, 11) is 0. The standard InChI is InChI=1S/C20H21Cl3N4O/c21-17-6-5-15(19(23)11-17)12-24-25-20(28)14-27-9-7-26(8-10-27)13-16-3-1-2-4-18(16)22/h1-6,11-12H,7-10,13-14H2,(H,25,28)/b24-12-. The Kier molecular flexibility index (Phi) is 7.71. The highest BCUT2D eigenvalue weighted by Gasteiger charge is 2.19. The molecule has 1 amide bonds. The topological polar surface area (TPSA) is 47.9 Å².